The largest absolute Gasteiger partial charge is 0.492 e. The average molecular weight is 481 g/mol. The van der Waals surface area contributed by atoms with Crippen LogP contribution in [0.5, 0.6) is 5.75 Å². The number of aryl methyl sites for hydroxylation is 1. The number of pyridine rings is 1. The number of fused-ring (bicyclic) bond motifs is 1. The lowest BCUT2D eigenvalue weighted by Gasteiger charge is -2.26. The molecular formula is C25H29ClN6O2. The molecule has 4 heterocycles. The molecule has 5 rings (SSSR count). The number of nitrogens with zero attached hydrogens (tertiary/aromatic N) is 4. The predicted octanol–water partition coefficient (Wildman–Crippen LogP) is 4.44. The smallest absolute Gasteiger partial charge is 0.180 e. The molecule has 1 saturated heterocycles. The minimum Gasteiger partial charge on any atom is -0.492 e. The van der Waals surface area contributed by atoms with Gasteiger partial charge in [0.2, 0.25) is 0 Å². The third-order valence-corrected chi connectivity index (χ3v) is 6.57. The van der Waals surface area contributed by atoms with Crippen molar-refractivity contribution in [2.45, 2.75) is 13.8 Å². The van der Waals surface area contributed by atoms with Gasteiger partial charge in [-0.1, -0.05) is 11.6 Å². The Balaban J connectivity index is 1.35. The summed E-state index contributed by atoms with van der Waals surface area (Å²) in [4.78, 5) is 14.9. The van der Waals surface area contributed by atoms with E-state index in [9.17, 15) is 0 Å². The van der Waals surface area contributed by atoms with Gasteiger partial charge < -0.3 is 24.3 Å². The minimum atomic E-state index is 0.558. The third kappa shape index (κ3) is 4.36. The van der Waals surface area contributed by atoms with Crippen LogP contribution in [0.3, 0.4) is 0 Å². The van der Waals surface area contributed by atoms with E-state index in [4.69, 9.17) is 26.1 Å². The molecule has 0 bridgehead atoms. The van der Waals surface area contributed by atoms with Gasteiger partial charge in [-0.25, -0.2) is 9.97 Å². The summed E-state index contributed by atoms with van der Waals surface area (Å²) in [6.45, 7) is 9.34. The van der Waals surface area contributed by atoms with Crippen LogP contribution in [0.2, 0.25) is 5.02 Å². The number of benzene rings is 1. The molecule has 8 nitrogen and oxygen atoms in total. The van der Waals surface area contributed by atoms with Crippen molar-refractivity contribution in [1.82, 2.24) is 24.4 Å². The van der Waals surface area contributed by atoms with Crippen molar-refractivity contribution in [3.8, 4) is 22.8 Å². The van der Waals surface area contributed by atoms with Crippen molar-refractivity contribution in [3.05, 3.63) is 52.9 Å². The van der Waals surface area contributed by atoms with Crippen LogP contribution < -0.4 is 10.1 Å². The van der Waals surface area contributed by atoms with Crippen molar-refractivity contribution < 1.29 is 9.47 Å². The standard InChI is InChI=1S/C25H29ClN6O2/c1-16-14-20(24-29-23-22(27-3)21(26)15-28-25(23)30-24)17(2)32(16)18-4-6-19(7-5-18)34-13-10-31-8-11-33-12-9-31/h4-7,14-15H,8-13H2,1-3H3,(H2,27,28,29,30). The van der Waals surface area contributed by atoms with Gasteiger partial charge in [-0.3, -0.25) is 4.90 Å². The third-order valence-electron chi connectivity index (χ3n) is 6.28. The summed E-state index contributed by atoms with van der Waals surface area (Å²) < 4.78 is 13.6. The van der Waals surface area contributed by atoms with E-state index in [1.54, 1.807) is 6.20 Å². The van der Waals surface area contributed by atoms with Crippen molar-refractivity contribution in [2.24, 2.45) is 0 Å². The first-order valence-electron chi connectivity index (χ1n) is 11.5. The molecule has 0 spiro atoms. The number of anilines is 1. The molecule has 178 valence electrons. The van der Waals surface area contributed by atoms with E-state index in [-0.39, 0.29) is 0 Å². The van der Waals surface area contributed by atoms with Crippen LogP contribution in [-0.2, 0) is 4.74 Å². The number of imidazole rings is 1. The maximum absolute atomic E-state index is 6.29. The van der Waals surface area contributed by atoms with Crippen LogP contribution in [0.4, 0.5) is 5.69 Å². The second-order valence-electron chi connectivity index (χ2n) is 8.43. The van der Waals surface area contributed by atoms with Gasteiger partial charge in [0.1, 0.15) is 23.7 Å². The molecule has 9 heteroatoms. The fraction of sp³-hybridized carbons (Fsp3) is 0.360. The van der Waals surface area contributed by atoms with Gasteiger partial charge in [0, 0.05) is 49.3 Å². The fourth-order valence-electron chi connectivity index (χ4n) is 4.51. The summed E-state index contributed by atoms with van der Waals surface area (Å²) in [7, 11) is 1.84. The number of halogens is 1. The number of rotatable bonds is 7. The summed E-state index contributed by atoms with van der Waals surface area (Å²) in [5, 5.41) is 3.69. The van der Waals surface area contributed by atoms with E-state index in [0.717, 1.165) is 78.3 Å². The number of hydrogen-bond donors (Lipinski definition) is 2. The Labute approximate surface area is 203 Å². The molecule has 2 N–H and O–H groups in total. The first-order chi connectivity index (χ1) is 16.5. The molecule has 1 aliphatic rings. The molecule has 3 aromatic heterocycles. The van der Waals surface area contributed by atoms with E-state index < -0.39 is 0 Å². The second kappa shape index (κ2) is 9.66. The molecule has 1 aliphatic heterocycles. The Hall–Kier alpha value is -3.07. The number of hydrogen-bond acceptors (Lipinski definition) is 6. The van der Waals surface area contributed by atoms with Crippen LogP contribution in [0.1, 0.15) is 11.4 Å². The zero-order valence-corrected chi connectivity index (χ0v) is 20.4. The summed E-state index contributed by atoms with van der Waals surface area (Å²) in [6, 6.07) is 10.4. The zero-order valence-electron chi connectivity index (χ0n) is 19.7. The van der Waals surface area contributed by atoms with Gasteiger partial charge in [-0.2, -0.15) is 0 Å². The Morgan fingerprint density at radius 1 is 1.18 bits per heavy atom. The second-order valence-corrected chi connectivity index (χ2v) is 8.84. The summed E-state index contributed by atoms with van der Waals surface area (Å²) in [5.41, 5.74) is 6.54. The molecule has 0 saturated carbocycles. The van der Waals surface area contributed by atoms with Crippen LogP contribution >= 0.6 is 11.6 Å². The van der Waals surface area contributed by atoms with Crippen LogP contribution in [-0.4, -0.2) is 70.9 Å². The fourth-order valence-corrected chi connectivity index (χ4v) is 4.75. The molecule has 0 aliphatic carbocycles. The predicted molar refractivity (Wildman–Crippen MR) is 135 cm³/mol. The molecule has 1 fully saturated rings. The van der Waals surface area contributed by atoms with E-state index >= 15 is 0 Å². The molecule has 0 atom stereocenters. The van der Waals surface area contributed by atoms with Crippen molar-refractivity contribution >= 4 is 28.5 Å². The van der Waals surface area contributed by atoms with Crippen LogP contribution in [0, 0.1) is 13.8 Å². The summed E-state index contributed by atoms with van der Waals surface area (Å²) in [6.07, 6.45) is 1.62. The molecule has 0 amide bonds. The Morgan fingerprint density at radius 3 is 2.68 bits per heavy atom. The summed E-state index contributed by atoms with van der Waals surface area (Å²) in [5.74, 6) is 1.64. The minimum absolute atomic E-state index is 0.558. The number of ether oxygens (including phenoxy) is 2. The molecule has 4 aromatic rings. The lowest BCUT2D eigenvalue weighted by Crippen LogP contribution is -2.38. The molecule has 1 aromatic carbocycles. The average Bonchev–Trinajstić information content (AvgIpc) is 3.40. The van der Waals surface area contributed by atoms with E-state index in [1.807, 2.05) is 19.2 Å². The van der Waals surface area contributed by atoms with Gasteiger partial charge in [0.15, 0.2) is 5.65 Å². The number of H-pyrrole nitrogens is 1. The van der Waals surface area contributed by atoms with Gasteiger partial charge >= 0.3 is 0 Å². The van der Waals surface area contributed by atoms with Gasteiger partial charge in [0.05, 0.1) is 30.1 Å². The SMILES string of the molecule is CNc1c(Cl)cnc2nc(-c3cc(C)n(-c4ccc(OCCN5CCOCC5)cc4)c3C)[nH]c12. The molecule has 0 radical (unpaired) electrons. The van der Waals surface area contributed by atoms with Gasteiger partial charge in [0.25, 0.3) is 0 Å². The highest BCUT2D eigenvalue weighted by Gasteiger charge is 2.18. The van der Waals surface area contributed by atoms with E-state index in [2.05, 4.69) is 56.8 Å². The highest BCUT2D eigenvalue weighted by molar-refractivity contribution is 6.34. The first-order valence-corrected chi connectivity index (χ1v) is 11.9. The lowest BCUT2D eigenvalue weighted by molar-refractivity contribution is 0.0322. The van der Waals surface area contributed by atoms with Crippen molar-refractivity contribution in [3.63, 3.8) is 0 Å². The number of aromatic nitrogens is 4. The normalized spacial score (nSPS) is 14.6. The Morgan fingerprint density at radius 2 is 1.94 bits per heavy atom. The number of aromatic amines is 1. The van der Waals surface area contributed by atoms with E-state index in [1.165, 1.54) is 0 Å². The lowest BCUT2D eigenvalue weighted by atomic mass is 10.2. The molecular weight excluding hydrogens is 452 g/mol. The number of nitrogens with one attached hydrogen (secondary N) is 2. The van der Waals surface area contributed by atoms with Crippen LogP contribution in [0.25, 0.3) is 28.2 Å². The maximum Gasteiger partial charge on any atom is 0.180 e. The van der Waals surface area contributed by atoms with E-state index in [0.29, 0.717) is 17.3 Å². The van der Waals surface area contributed by atoms with Crippen molar-refractivity contribution in [1.29, 1.82) is 0 Å². The quantitative estimate of drug-likeness (QED) is 0.407. The maximum atomic E-state index is 6.29. The molecule has 0 unspecified atom stereocenters. The monoisotopic (exact) mass is 480 g/mol. The molecule has 34 heavy (non-hydrogen) atoms. The van der Waals surface area contributed by atoms with Gasteiger partial charge in [-0.15, -0.1) is 0 Å². The topological polar surface area (TPSA) is 80.2 Å². The number of morpholine rings is 1. The summed E-state index contributed by atoms with van der Waals surface area (Å²) >= 11 is 6.29. The highest BCUT2D eigenvalue weighted by Crippen LogP contribution is 2.33. The van der Waals surface area contributed by atoms with Crippen LogP contribution in [0.15, 0.2) is 36.5 Å². The Kier molecular flexibility index (Phi) is 6.45. The first kappa shape index (κ1) is 22.7. The van der Waals surface area contributed by atoms with Crippen molar-refractivity contribution in [2.75, 3.05) is 51.8 Å². The zero-order chi connectivity index (χ0) is 23.7. The highest BCUT2D eigenvalue weighted by atomic mass is 35.5. The van der Waals surface area contributed by atoms with Gasteiger partial charge in [-0.05, 0) is 44.2 Å². The Bertz CT molecular complexity index is 1290.